The Morgan fingerprint density at radius 1 is 1.21 bits per heavy atom. The van der Waals surface area contributed by atoms with E-state index in [2.05, 4.69) is 10.3 Å². The molecular weight excluding hydrogens is 306 g/mol. The highest BCUT2D eigenvalue weighted by Gasteiger charge is 2.10. The van der Waals surface area contributed by atoms with Gasteiger partial charge in [-0.2, -0.15) is 5.10 Å². The Morgan fingerprint density at radius 3 is 2.71 bits per heavy atom. The number of ether oxygens (including phenoxy) is 1. The van der Waals surface area contributed by atoms with Crippen molar-refractivity contribution in [1.82, 2.24) is 14.9 Å². The van der Waals surface area contributed by atoms with Gasteiger partial charge in [0, 0.05) is 17.3 Å². The summed E-state index contributed by atoms with van der Waals surface area (Å²) in [5.74, 6) is 0.230. The van der Waals surface area contributed by atoms with E-state index in [0.29, 0.717) is 12.3 Å². The first-order valence-electron chi connectivity index (χ1n) is 7.79. The zero-order valence-electron chi connectivity index (χ0n) is 13.7. The molecular formula is C18H19N3O3. The normalized spacial score (nSPS) is 10.8. The molecule has 0 N–H and O–H groups in total. The molecule has 1 aromatic carbocycles. The van der Waals surface area contributed by atoms with Gasteiger partial charge in [0.15, 0.2) is 12.4 Å². The molecule has 0 atom stereocenters. The van der Waals surface area contributed by atoms with Crippen LogP contribution < -0.4 is 0 Å². The highest BCUT2D eigenvalue weighted by Crippen LogP contribution is 2.19. The average molecular weight is 325 g/mol. The molecule has 0 amide bonds. The second-order valence-corrected chi connectivity index (χ2v) is 5.61. The van der Waals surface area contributed by atoms with Crippen LogP contribution in [-0.2, 0) is 22.7 Å². The van der Waals surface area contributed by atoms with Gasteiger partial charge in [0.1, 0.15) is 5.69 Å². The van der Waals surface area contributed by atoms with E-state index in [4.69, 9.17) is 9.26 Å². The molecule has 2 aromatic heterocycles. The van der Waals surface area contributed by atoms with Crippen molar-refractivity contribution in [2.45, 2.75) is 33.4 Å². The third-order valence-electron chi connectivity index (χ3n) is 3.64. The third-order valence-corrected chi connectivity index (χ3v) is 3.64. The summed E-state index contributed by atoms with van der Waals surface area (Å²) < 4.78 is 12.2. The summed E-state index contributed by atoms with van der Waals surface area (Å²) in [4.78, 5) is 11.9. The predicted molar refractivity (Wildman–Crippen MR) is 88.1 cm³/mol. The van der Waals surface area contributed by atoms with Crippen LogP contribution in [0.15, 0.2) is 47.0 Å². The number of benzene rings is 1. The Bertz CT molecular complexity index is 821. The summed E-state index contributed by atoms with van der Waals surface area (Å²) in [6.07, 6.45) is 0.266. The molecule has 0 spiro atoms. The van der Waals surface area contributed by atoms with Crippen molar-refractivity contribution in [1.29, 1.82) is 0 Å². The minimum absolute atomic E-state index is 0.0792. The highest BCUT2D eigenvalue weighted by atomic mass is 16.5. The molecule has 6 heteroatoms. The average Bonchev–Trinajstić information content (AvgIpc) is 3.18. The van der Waals surface area contributed by atoms with Gasteiger partial charge in [0.25, 0.3) is 0 Å². The molecule has 0 aliphatic heterocycles. The Labute approximate surface area is 140 Å². The lowest BCUT2D eigenvalue weighted by molar-refractivity contribution is -0.145. The molecule has 124 valence electrons. The largest absolute Gasteiger partial charge is 0.457 e. The summed E-state index contributed by atoms with van der Waals surface area (Å²) in [6.45, 7) is 4.47. The molecule has 0 aliphatic carbocycles. The number of aryl methyl sites for hydroxylation is 3. The van der Waals surface area contributed by atoms with Crippen molar-refractivity contribution in [3.63, 3.8) is 0 Å². The van der Waals surface area contributed by atoms with Gasteiger partial charge in [-0.25, -0.2) is 0 Å². The minimum atomic E-state index is -0.291. The standard InChI is InChI=1S/C18H19N3O3/c1-13-10-14(2)21(19-13)9-8-18(22)23-12-16-11-17(20-24-16)15-6-4-3-5-7-15/h3-7,10-11H,8-9,12H2,1-2H3. The molecule has 0 bridgehead atoms. The molecule has 24 heavy (non-hydrogen) atoms. The SMILES string of the molecule is Cc1cc(C)n(CCC(=O)OCc2cc(-c3ccccc3)no2)n1. The van der Waals surface area contributed by atoms with Gasteiger partial charge < -0.3 is 9.26 Å². The number of hydrogen-bond acceptors (Lipinski definition) is 5. The van der Waals surface area contributed by atoms with Crippen LogP contribution in [0.3, 0.4) is 0 Å². The van der Waals surface area contributed by atoms with Gasteiger partial charge in [-0.15, -0.1) is 0 Å². The van der Waals surface area contributed by atoms with Crippen molar-refractivity contribution < 1.29 is 14.1 Å². The van der Waals surface area contributed by atoms with E-state index in [1.54, 1.807) is 10.7 Å². The molecule has 0 saturated carbocycles. The monoisotopic (exact) mass is 325 g/mol. The zero-order valence-corrected chi connectivity index (χ0v) is 13.7. The lowest BCUT2D eigenvalue weighted by atomic mass is 10.1. The Kier molecular flexibility index (Phi) is 4.74. The van der Waals surface area contributed by atoms with Gasteiger partial charge >= 0.3 is 5.97 Å². The van der Waals surface area contributed by atoms with Crippen molar-refractivity contribution in [3.8, 4) is 11.3 Å². The number of aromatic nitrogens is 3. The number of rotatable bonds is 6. The van der Waals surface area contributed by atoms with E-state index in [1.165, 1.54) is 0 Å². The molecule has 2 heterocycles. The van der Waals surface area contributed by atoms with Crippen molar-refractivity contribution in [3.05, 3.63) is 59.6 Å². The van der Waals surface area contributed by atoms with Crippen molar-refractivity contribution >= 4 is 5.97 Å². The maximum absolute atomic E-state index is 11.9. The Hall–Kier alpha value is -2.89. The van der Waals surface area contributed by atoms with E-state index in [0.717, 1.165) is 22.6 Å². The summed E-state index contributed by atoms with van der Waals surface area (Å²) in [5, 5.41) is 8.31. The summed E-state index contributed by atoms with van der Waals surface area (Å²) in [5.41, 5.74) is 3.66. The third kappa shape index (κ3) is 3.90. The fourth-order valence-electron chi connectivity index (χ4n) is 2.45. The number of hydrogen-bond donors (Lipinski definition) is 0. The molecule has 0 aliphatic rings. The number of carbonyl (C=O) groups excluding carboxylic acids is 1. The maximum atomic E-state index is 11.9. The van der Waals surface area contributed by atoms with E-state index in [-0.39, 0.29) is 19.0 Å². The van der Waals surface area contributed by atoms with E-state index >= 15 is 0 Å². The van der Waals surface area contributed by atoms with Gasteiger partial charge in [-0.1, -0.05) is 35.5 Å². The minimum Gasteiger partial charge on any atom is -0.457 e. The van der Waals surface area contributed by atoms with E-state index in [9.17, 15) is 4.79 Å². The number of nitrogens with zero attached hydrogens (tertiary/aromatic N) is 3. The number of esters is 1. The first-order valence-corrected chi connectivity index (χ1v) is 7.79. The van der Waals surface area contributed by atoms with E-state index < -0.39 is 0 Å². The molecule has 3 aromatic rings. The Balaban J connectivity index is 1.50. The second-order valence-electron chi connectivity index (χ2n) is 5.61. The van der Waals surface area contributed by atoms with Crippen LogP contribution in [0.5, 0.6) is 0 Å². The summed E-state index contributed by atoms with van der Waals surface area (Å²) >= 11 is 0. The van der Waals surface area contributed by atoms with Crippen LogP contribution in [-0.4, -0.2) is 20.9 Å². The summed E-state index contributed by atoms with van der Waals surface area (Å²) in [7, 11) is 0. The lowest BCUT2D eigenvalue weighted by Gasteiger charge is -2.04. The van der Waals surface area contributed by atoms with Gasteiger partial charge in [-0.3, -0.25) is 9.48 Å². The van der Waals surface area contributed by atoms with Crippen LogP contribution in [0.25, 0.3) is 11.3 Å². The quantitative estimate of drug-likeness (QED) is 0.650. The fraction of sp³-hybridized carbons (Fsp3) is 0.278. The van der Waals surface area contributed by atoms with Crippen LogP contribution in [0.2, 0.25) is 0 Å². The smallest absolute Gasteiger partial charge is 0.308 e. The van der Waals surface area contributed by atoms with Gasteiger partial charge in [-0.05, 0) is 19.9 Å². The zero-order chi connectivity index (χ0) is 16.9. The first kappa shape index (κ1) is 16.0. The molecule has 3 rings (SSSR count). The number of carbonyl (C=O) groups is 1. The van der Waals surface area contributed by atoms with Gasteiger partial charge in [0.2, 0.25) is 0 Å². The molecule has 0 radical (unpaired) electrons. The molecule has 0 unspecified atom stereocenters. The van der Waals surface area contributed by atoms with Crippen LogP contribution in [0.4, 0.5) is 0 Å². The van der Waals surface area contributed by atoms with Crippen LogP contribution in [0.1, 0.15) is 23.6 Å². The second kappa shape index (κ2) is 7.12. The predicted octanol–water partition coefficient (Wildman–Crippen LogP) is 3.29. The van der Waals surface area contributed by atoms with E-state index in [1.807, 2.05) is 50.2 Å². The topological polar surface area (TPSA) is 70.2 Å². The molecule has 0 saturated heterocycles. The van der Waals surface area contributed by atoms with Crippen molar-refractivity contribution in [2.75, 3.05) is 0 Å². The fourth-order valence-corrected chi connectivity index (χ4v) is 2.45. The highest BCUT2D eigenvalue weighted by molar-refractivity contribution is 5.69. The maximum Gasteiger partial charge on any atom is 0.308 e. The molecule has 6 nitrogen and oxygen atoms in total. The lowest BCUT2D eigenvalue weighted by Crippen LogP contribution is -2.11. The first-order chi connectivity index (χ1) is 11.6. The molecule has 0 fully saturated rings. The Morgan fingerprint density at radius 2 is 2.00 bits per heavy atom. The van der Waals surface area contributed by atoms with Crippen molar-refractivity contribution in [2.24, 2.45) is 0 Å². The summed E-state index contributed by atoms with van der Waals surface area (Å²) in [6, 6.07) is 13.5. The van der Waals surface area contributed by atoms with Crippen LogP contribution >= 0.6 is 0 Å². The van der Waals surface area contributed by atoms with Crippen LogP contribution in [0, 0.1) is 13.8 Å². The van der Waals surface area contributed by atoms with Gasteiger partial charge in [0.05, 0.1) is 18.7 Å².